The van der Waals surface area contributed by atoms with Crippen molar-refractivity contribution in [2.24, 2.45) is 0 Å². The molecule has 116 valence electrons. The fourth-order valence-corrected chi connectivity index (χ4v) is 2.67. The van der Waals surface area contributed by atoms with Crippen molar-refractivity contribution in [2.75, 3.05) is 11.1 Å². The molecule has 0 fully saturated rings. The highest BCUT2D eigenvalue weighted by atomic mass is 79.9. The van der Waals surface area contributed by atoms with Crippen molar-refractivity contribution in [3.63, 3.8) is 0 Å². The zero-order valence-electron chi connectivity index (χ0n) is 11.9. The average molecular weight is 390 g/mol. The summed E-state index contributed by atoms with van der Waals surface area (Å²) >= 11 is 4.62. The minimum atomic E-state index is -0.106. The van der Waals surface area contributed by atoms with Gasteiger partial charge in [-0.15, -0.1) is 5.10 Å². The smallest absolute Gasteiger partial charge is 0.234 e. The molecule has 0 atom stereocenters. The van der Waals surface area contributed by atoms with Gasteiger partial charge in [-0.1, -0.05) is 27.7 Å². The third kappa shape index (κ3) is 4.40. The summed E-state index contributed by atoms with van der Waals surface area (Å²) in [6, 6.07) is 11.1. The lowest BCUT2D eigenvalue weighted by Crippen LogP contribution is -2.13. The second-order valence-corrected chi connectivity index (χ2v) is 6.41. The zero-order valence-corrected chi connectivity index (χ0v) is 14.3. The first kappa shape index (κ1) is 15.7. The number of carbonyl (C=O) groups excluding carboxylic acids is 1. The van der Waals surface area contributed by atoms with Gasteiger partial charge in [0.05, 0.1) is 5.75 Å². The number of nitrogens with one attached hydrogen (secondary N) is 2. The summed E-state index contributed by atoms with van der Waals surface area (Å²) in [5, 5.41) is 10.3. The van der Waals surface area contributed by atoms with Gasteiger partial charge in [0.1, 0.15) is 0 Å². The standard InChI is InChI=1S/C15H12BrN5OS/c16-11-3-5-12(6-4-11)18-13(22)9-23-15-19-14(20-21-15)10-2-1-7-17-8-10/h1-8H,9H2,(H,18,22)(H,19,20,21). The van der Waals surface area contributed by atoms with Gasteiger partial charge in [0.2, 0.25) is 11.1 Å². The van der Waals surface area contributed by atoms with Crippen molar-refractivity contribution in [3.8, 4) is 11.4 Å². The van der Waals surface area contributed by atoms with Crippen LogP contribution in [0.5, 0.6) is 0 Å². The Morgan fingerprint density at radius 2 is 2.09 bits per heavy atom. The van der Waals surface area contributed by atoms with Crippen LogP contribution in [0.25, 0.3) is 11.4 Å². The van der Waals surface area contributed by atoms with E-state index in [1.165, 1.54) is 11.8 Å². The Balaban J connectivity index is 1.55. The average Bonchev–Trinajstić information content (AvgIpc) is 3.05. The maximum Gasteiger partial charge on any atom is 0.234 e. The first-order chi connectivity index (χ1) is 11.2. The van der Waals surface area contributed by atoms with Gasteiger partial charge in [-0.05, 0) is 36.4 Å². The van der Waals surface area contributed by atoms with Crippen LogP contribution in [0.2, 0.25) is 0 Å². The van der Waals surface area contributed by atoms with Crippen LogP contribution >= 0.6 is 27.7 Å². The molecule has 2 N–H and O–H groups in total. The fourth-order valence-electron chi connectivity index (χ4n) is 1.80. The molecule has 0 saturated carbocycles. The Hall–Kier alpha value is -2.19. The summed E-state index contributed by atoms with van der Waals surface area (Å²) in [5.41, 5.74) is 1.61. The predicted molar refractivity (Wildman–Crippen MR) is 93.1 cm³/mol. The lowest BCUT2D eigenvalue weighted by Gasteiger charge is -2.03. The van der Waals surface area contributed by atoms with E-state index in [1.54, 1.807) is 12.4 Å². The Morgan fingerprint density at radius 3 is 2.83 bits per heavy atom. The number of pyridine rings is 1. The Bertz CT molecular complexity index is 791. The monoisotopic (exact) mass is 389 g/mol. The normalized spacial score (nSPS) is 10.5. The summed E-state index contributed by atoms with van der Waals surface area (Å²) in [4.78, 5) is 20.3. The maximum absolute atomic E-state index is 11.9. The highest BCUT2D eigenvalue weighted by Crippen LogP contribution is 2.19. The molecule has 3 rings (SSSR count). The molecule has 0 saturated heterocycles. The van der Waals surface area contributed by atoms with Gasteiger partial charge in [0.15, 0.2) is 5.82 Å². The van der Waals surface area contributed by atoms with Crippen molar-refractivity contribution in [2.45, 2.75) is 5.16 Å². The van der Waals surface area contributed by atoms with Crippen molar-refractivity contribution in [1.29, 1.82) is 0 Å². The Labute approximate surface area is 145 Å². The Morgan fingerprint density at radius 1 is 1.26 bits per heavy atom. The predicted octanol–water partition coefficient (Wildman–Crippen LogP) is 3.36. The molecule has 0 aliphatic heterocycles. The van der Waals surface area contributed by atoms with E-state index in [-0.39, 0.29) is 11.7 Å². The number of hydrogen-bond acceptors (Lipinski definition) is 5. The van der Waals surface area contributed by atoms with E-state index >= 15 is 0 Å². The minimum absolute atomic E-state index is 0.106. The number of halogens is 1. The molecule has 6 nitrogen and oxygen atoms in total. The maximum atomic E-state index is 11.9. The quantitative estimate of drug-likeness (QED) is 0.653. The first-order valence-electron chi connectivity index (χ1n) is 6.72. The molecule has 8 heteroatoms. The van der Waals surface area contributed by atoms with Crippen LogP contribution in [-0.2, 0) is 4.79 Å². The lowest BCUT2D eigenvalue weighted by molar-refractivity contribution is -0.113. The number of carbonyl (C=O) groups is 1. The number of anilines is 1. The van der Waals surface area contributed by atoms with Gasteiger partial charge in [-0.3, -0.25) is 14.9 Å². The molecule has 0 spiro atoms. The summed E-state index contributed by atoms with van der Waals surface area (Å²) in [6.07, 6.45) is 3.40. The molecule has 23 heavy (non-hydrogen) atoms. The van der Waals surface area contributed by atoms with E-state index in [0.717, 1.165) is 15.7 Å². The zero-order chi connectivity index (χ0) is 16.1. The van der Waals surface area contributed by atoms with Crippen LogP contribution in [0.3, 0.4) is 0 Å². The largest absolute Gasteiger partial charge is 0.325 e. The summed E-state index contributed by atoms with van der Waals surface area (Å²) in [7, 11) is 0. The molecule has 2 aromatic heterocycles. The molecule has 0 radical (unpaired) electrons. The number of H-pyrrole nitrogens is 1. The number of amides is 1. The summed E-state index contributed by atoms with van der Waals surface area (Å²) in [6.45, 7) is 0. The molecular weight excluding hydrogens is 378 g/mol. The number of thioether (sulfide) groups is 1. The highest BCUT2D eigenvalue weighted by molar-refractivity contribution is 9.10. The van der Waals surface area contributed by atoms with Gasteiger partial charge in [0.25, 0.3) is 0 Å². The molecule has 0 aliphatic rings. The number of rotatable bonds is 5. The van der Waals surface area contributed by atoms with Crippen LogP contribution in [0.1, 0.15) is 0 Å². The van der Waals surface area contributed by atoms with Crippen molar-refractivity contribution in [3.05, 3.63) is 53.3 Å². The van der Waals surface area contributed by atoms with Gasteiger partial charge >= 0.3 is 0 Å². The highest BCUT2D eigenvalue weighted by Gasteiger charge is 2.09. The summed E-state index contributed by atoms with van der Waals surface area (Å²) in [5.74, 6) is 0.763. The second kappa shape index (κ2) is 7.38. The summed E-state index contributed by atoms with van der Waals surface area (Å²) < 4.78 is 0.966. The third-order valence-corrected chi connectivity index (χ3v) is 4.24. The van der Waals surface area contributed by atoms with E-state index in [2.05, 4.69) is 41.4 Å². The van der Waals surface area contributed by atoms with Crippen LogP contribution in [0.4, 0.5) is 5.69 Å². The van der Waals surface area contributed by atoms with E-state index < -0.39 is 0 Å². The third-order valence-electron chi connectivity index (χ3n) is 2.86. The first-order valence-corrected chi connectivity index (χ1v) is 8.49. The minimum Gasteiger partial charge on any atom is -0.325 e. The van der Waals surface area contributed by atoms with Crippen LogP contribution in [0, 0.1) is 0 Å². The second-order valence-electron chi connectivity index (χ2n) is 4.55. The molecule has 2 heterocycles. The van der Waals surface area contributed by atoms with Crippen molar-refractivity contribution >= 4 is 39.3 Å². The molecule has 1 amide bonds. The Kier molecular flexibility index (Phi) is 5.04. The SMILES string of the molecule is O=C(CSc1n[nH]c(-c2cccnc2)n1)Nc1ccc(Br)cc1. The van der Waals surface area contributed by atoms with E-state index in [1.807, 2.05) is 36.4 Å². The van der Waals surface area contributed by atoms with Gasteiger partial charge in [-0.2, -0.15) is 0 Å². The number of hydrogen-bond donors (Lipinski definition) is 2. The van der Waals surface area contributed by atoms with Gasteiger partial charge in [-0.25, -0.2) is 4.98 Å². The molecule has 0 aliphatic carbocycles. The van der Waals surface area contributed by atoms with E-state index in [9.17, 15) is 4.79 Å². The topological polar surface area (TPSA) is 83.6 Å². The van der Waals surface area contributed by atoms with Crippen molar-refractivity contribution < 1.29 is 4.79 Å². The molecular formula is C15H12BrN5OS. The molecule has 1 aromatic carbocycles. The number of aromatic amines is 1. The number of benzene rings is 1. The molecule has 0 unspecified atom stereocenters. The van der Waals surface area contributed by atoms with Gasteiger partial charge in [0, 0.05) is 28.1 Å². The van der Waals surface area contributed by atoms with Crippen molar-refractivity contribution in [1.82, 2.24) is 20.2 Å². The number of aromatic nitrogens is 4. The van der Waals surface area contributed by atoms with Crippen LogP contribution < -0.4 is 5.32 Å². The lowest BCUT2D eigenvalue weighted by atomic mass is 10.3. The van der Waals surface area contributed by atoms with Crippen LogP contribution in [-0.4, -0.2) is 31.8 Å². The van der Waals surface area contributed by atoms with Gasteiger partial charge < -0.3 is 5.32 Å². The van der Waals surface area contributed by atoms with Crippen LogP contribution in [0.15, 0.2) is 58.4 Å². The molecule has 0 bridgehead atoms. The molecule has 3 aromatic rings. The number of nitrogens with zero attached hydrogens (tertiary/aromatic N) is 3. The van der Waals surface area contributed by atoms with E-state index in [0.29, 0.717) is 11.0 Å². The van der Waals surface area contributed by atoms with E-state index in [4.69, 9.17) is 0 Å². The fraction of sp³-hybridized carbons (Fsp3) is 0.0667.